The van der Waals surface area contributed by atoms with Crippen molar-refractivity contribution in [3.63, 3.8) is 0 Å². The fourth-order valence-electron chi connectivity index (χ4n) is 3.11. The molecule has 1 aliphatic heterocycles. The lowest BCUT2D eigenvalue weighted by molar-refractivity contribution is -0.141. The minimum atomic E-state index is -4.46. The van der Waals surface area contributed by atoms with E-state index in [0.717, 1.165) is 50.1 Å². The van der Waals surface area contributed by atoms with Crippen LogP contribution in [0.1, 0.15) is 36.7 Å². The molecule has 8 heteroatoms. The van der Waals surface area contributed by atoms with Gasteiger partial charge in [0.15, 0.2) is 0 Å². The van der Waals surface area contributed by atoms with Crippen molar-refractivity contribution in [1.29, 1.82) is 0 Å². The maximum atomic E-state index is 12.7. The molecule has 0 bridgehead atoms. The van der Waals surface area contributed by atoms with Gasteiger partial charge in [0.25, 0.3) is 0 Å². The van der Waals surface area contributed by atoms with Crippen LogP contribution in [0.2, 0.25) is 0 Å². The van der Waals surface area contributed by atoms with E-state index in [9.17, 15) is 13.2 Å². The van der Waals surface area contributed by atoms with E-state index in [-0.39, 0.29) is 11.8 Å². The SMILES string of the molecule is FC(F)(F)c1cccc(OCC2CCN(c3ccnc(C4CC4)n3)C2)n1. The Hall–Kier alpha value is -2.38. The Morgan fingerprint density at radius 2 is 1.96 bits per heavy atom. The van der Waals surface area contributed by atoms with Gasteiger partial charge in [0, 0.05) is 37.2 Å². The Labute approximate surface area is 149 Å². The van der Waals surface area contributed by atoms with Crippen molar-refractivity contribution in [3.8, 4) is 5.88 Å². The number of nitrogens with zero attached hydrogens (tertiary/aromatic N) is 4. The Morgan fingerprint density at radius 3 is 2.73 bits per heavy atom. The lowest BCUT2D eigenvalue weighted by atomic mass is 10.1. The fourth-order valence-corrected chi connectivity index (χ4v) is 3.11. The minimum Gasteiger partial charge on any atom is -0.477 e. The van der Waals surface area contributed by atoms with Gasteiger partial charge in [-0.05, 0) is 31.4 Å². The summed E-state index contributed by atoms with van der Waals surface area (Å²) in [5, 5.41) is 0. The van der Waals surface area contributed by atoms with Gasteiger partial charge in [-0.15, -0.1) is 0 Å². The highest BCUT2D eigenvalue weighted by Gasteiger charge is 2.33. The van der Waals surface area contributed by atoms with Crippen LogP contribution in [0.25, 0.3) is 0 Å². The summed E-state index contributed by atoms with van der Waals surface area (Å²) in [6.45, 7) is 1.95. The number of anilines is 1. The van der Waals surface area contributed by atoms with Crippen molar-refractivity contribution in [2.45, 2.75) is 31.4 Å². The van der Waals surface area contributed by atoms with Crippen LogP contribution in [-0.4, -0.2) is 34.6 Å². The van der Waals surface area contributed by atoms with Crippen LogP contribution in [0.5, 0.6) is 5.88 Å². The van der Waals surface area contributed by atoms with E-state index in [1.807, 2.05) is 6.07 Å². The van der Waals surface area contributed by atoms with Crippen molar-refractivity contribution >= 4 is 5.82 Å². The third-order valence-electron chi connectivity index (χ3n) is 4.69. The largest absolute Gasteiger partial charge is 0.477 e. The highest BCUT2D eigenvalue weighted by atomic mass is 19.4. The molecule has 4 rings (SSSR count). The average molecular weight is 364 g/mol. The van der Waals surface area contributed by atoms with Gasteiger partial charge in [-0.2, -0.15) is 13.2 Å². The molecule has 2 aromatic heterocycles. The molecule has 5 nitrogen and oxygen atoms in total. The van der Waals surface area contributed by atoms with Crippen molar-refractivity contribution in [3.05, 3.63) is 42.0 Å². The maximum absolute atomic E-state index is 12.7. The molecule has 1 unspecified atom stereocenters. The molecule has 0 spiro atoms. The summed E-state index contributed by atoms with van der Waals surface area (Å²) in [4.78, 5) is 14.7. The number of halogens is 3. The second-order valence-electron chi connectivity index (χ2n) is 6.82. The molecule has 26 heavy (non-hydrogen) atoms. The molecule has 3 heterocycles. The number of hydrogen-bond donors (Lipinski definition) is 0. The van der Waals surface area contributed by atoms with Gasteiger partial charge >= 0.3 is 6.18 Å². The summed E-state index contributed by atoms with van der Waals surface area (Å²) in [6.07, 6.45) is 0.553. The first-order chi connectivity index (χ1) is 12.5. The summed E-state index contributed by atoms with van der Waals surface area (Å²) in [7, 11) is 0. The highest BCUT2D eigenvalue weighted by Crippen LogP contribution is 2.38. The first kappa shape index (κ1) is 17.1. The zero-order valence-electron chi connectivity index (χ0n) is 14.1. The van der Waals surface area contributed by atoms with Crippen LogP contribution in [-0.2, 0) is 6.18 Å². The Morgan fingerprint density at radius 1 is 1.12 bits per heavy atom. The van der Waals surface area contributed by atoms with E-state index >= 15 is 0 Å². The van der Waals surface area contributed by atoms with Crippen LogP contribution in [0.4, 0.5) is 19.0 Å². The molecule has 0 N–H and O–H groups in total. The predicted molar refractivity (Wildman–Crippen MR) is 89.1 cm³/mol. The number of aromatic nitrogens is 3. The third kappa shape index (κ3) is 3.89. The monoisotopic (exact) mass is 364 g/mol. The minimum absolute atomic E-state index is 0.0105. The Kier molecular flexibility index (Phi) is 4.42. The summed E-state index contributed by atoms with van der Waals surface area (Å²) in [5.41, 5.74) is -0.934. The quantitative estimate of drug-likeness (QED) is 0.810. The second kappa shape index (κ2) is 6.74. The normalized spacial score (nSPS) is 20.4. The van der Waals surface area contributed by atoms with Gasteiger partial charge in [-0.25, -0.2) is 15.0 Å². The first-order valence-corrected chi connectivity index (χ1v) is 8.74. The molecule has 1 atom stereocenters. The van der Waals surface area contributed by atoms with Gasteiger partial charge in [0.1, 0.15) is 17.3 Å². The molecule has 2 fully saturated rings. The molecule has 0 amide bonds. The molecule has 1 saturated heterocycles. The smallest absolute Gasteiger partial charge is 0.433 e. The van der Waals surface area contributed by atoms with Crippen LogP contribution in [0.15, 0.2) is 30.5 Å². The lowest BCUT2D eigenvalue weighted by Gasteiger charge is -2.18. The van der Waals surface area contributed by atoms with E-state index in [4.69, 9.17) is 4.74 Å². The van der Waals surface area contributed by atoms with Crippen molar-refractivity contribution in [1.82, 2.24) is 15.0 Å². The van der Waals surface area contributed by atoms with Crippen molar-refractivity contribution in [2.75, 3.05) is 24.6 Å². The summed E-state index contributed by atoms with van der Waals surface area (Å²) < 4.78 is 43.6. The molecule has 0 aromatic carbocycles. The van der Waals surface area contributed by atoms with E-state index in [0.29, 0.717) is 12.5 Å². The first-order valence-electron chi connectivity index (χ1n) is 8.74. The van der Waals surface area contributed by atoms with Gasteiger partial charge in [-0.1, -0.05) is 6.07 Å². The highest BCUT2D eigenvalue weighted by molar-refractivity contribution is 5.39. The molecule has 138 valence electrons. The van der Waals surface area contributed by atoms with E-state index in [1.165, 1.54) is 12.1 Å². The topological polar surface area (TPSA) is 51.1 Å². The molecular formula is C18H19F3N4O. The van der Waals surface area contributed by atoms with Crippen LogP contribution in [0, 0.1) is 5.92 Å². The number of ether oxygens (including phenoxy) is 1. The van der Waals surface area contributed by atoms with E-state index in [1.54, 1.807) is 6.20 Å². The average Bonchev–Trinajstić information content (AvgIpc) is 3.38. The number of rotatable bonds is 5. The summed E-state index contributed by atoms with van der Waals surface area (Å²) >= 11 is 0. The standard InChI is InChI=1S/C18H19F3N4O/c19-18(20,21)14-2-1-3-16(23-14)26-11-12-7-9-25(10-12)15-6-8-22-17(24-15)13-4-5-13/h1-3,6,8,12-13H,4-5,7,9-11H2. The van der Waals surface area contributed by atoms with Crippen molar-refractivity contribution in [2.24, 2.45) is 5.92 Å². The fraction of sp³-hybridized carbons (Fsp3) is 0.500. The number of hydrogen-bond acceptors (Lipinski definition) is 5. The number of alkyl halides is 3. The third-order valence-corrected chi connectivity index (χ3v) is 4.69. The molecule has 1 saturated carbocycles. The molecule has 2 aliphatic rings. The Balaban J connectivity index is 1.34. The Bertz CT molecular complexity index is 779. The second-order valence-corrected chi connectivity index (χ2v) is 6.82. The zero-order valence-corrected chi connectivity index (χ0v) is 14.1. The molecule has 1 aliphatic carbocycles. The number of pyridine rings is 1. The predicted octanol–water partition coefficient (Wildman–Crippen LogP) is 3.67. The lowest BCUT2D eigenvalue weighted by Crippen LogP contribution is -2.23. The van der Waals surface area contributed by atoms with Crippen LogP contribution in [0.3, 0.4) is 0 Å². The van der Waals surface area contributed by atoms with E-state index < -0.39 is 11.9 Å². The molecule has 0 radical (unpaired) electrons. The van der Waals surface area contributed by atoms with Gasteiger partial charge in [-0.3, -0.25) is 0 Å². The molecular weight excluding hydrogens is 345 g/mol. The maximum Gasteiger partial charge on any atom is 0.433 e. The van der Waals surface area contributed by atoms with Crippen LogP contribution >= 0.6 is 0 Å². The molecule has 2 aromatic rings. The van der Waals surface area contributed by atoms with Crippen LogP contribution < -0.4 is 9.64 Å². The summed E-state index contributed by atoms with van der Waals surface area (Å²) in [5.74, 6) is 2.57. The van der Waals surface area contributed by atoms with Gasteiger partial charge in [0.2, 0.25) is 5.88 Å². The van der Waals surface area contributed by atoms with Gasteiger partial charge < -0.3 is 9.64 Å². The van der Waals surface area contributed by atoms with E-state index in [2.05, 4.69) is 19.9 Å². The van der Waals surface area contributed by atoms with Crippen molar-refractivity contribution < 1.29 is 17.9 Å². The zero-order chi connectivity index (χ0) is 18.1. The van der Waals surface area contributed by atoms with Gasteiger partial charge in [0.05, 0.1) is 6.61 Å². The summed E-state index contributed by atoms with van der Waals surface area (Å²) in [6, 6.07) is 5.61.